The average molecular weight is 219 g/mol. The Kier molecular flexibility index (Phi) is 26.9. The van der Waals surface area contributed by atoms with Crippen LogP contribution in [0.25, 0.3) is 0 Å². The number of hydrogen-bond acceptors (Lipinski definition) is 4. The van der Waals surface area contributed by atoms with Crippen LogP contribution in [0.15, 0.2) is 0 Å². The second kappa shape index (κ2) is 9.60. The van der Waals surface area contributed by atoms with Crippen molar-refractivity contribution in [1.29, 1.82) is 0 Å². The third kappa shape index (κ3) is 73.4. The van der Waals surface area contributed by atoms with Crippen molar-refractivity contribution in [2.75, 3.05) is 0 Å². The maximum atomic E-state index is 7.33. The van der Waals surface area contributed by atoms with Crippen molar-refractivity contribution in [2.45, 2.75) is 0 Å². The molecule has 8 heavy (non-hydrogen) atoms. The Hall–Kier alpha value is 2.60. The molecule has 0 saturated carbocycles. The first kappa shape index (κ1) is 22.4. The Morgan fingerprint density at radius 1 is 1.00 bits per heavy atom. The van der Waals surface area contributed by atoms with Crippen molar-refractivity contribution < 1.29 is 42.0 Å². The molecule has 0 aliphatic heterocycles. The largest absolute Gasteiger partial charge is 2.00 e. The van der Waals surface area contributed by atoms with E-state index in [4.69, 9.17) is 19.2 Å². The molecule has 0 aliphatic rings. The summed E-state index contributed by atoms with van der Waals surface area (Å²) < 4.78 is 0. The van der Waals surface area contributed by atoms with Gasteiger partial charge in [-0.05, 0) is 0 Å². The molecule has 0 aliphatic carbocycles. The summed E-state index contributed by atoms with van der Waals surface area (Å²) in [5, 5.41) is 0. The summed E-state index contributed by atoms with van der Waals surface area (Å²) in [7, 11) is -4.61. The van der Waals surface area contributed by atoms with Crippen LogP contribution >= 0.6 is 0 Å². The maximum Gasteiger partial charge on any atom is 2.00 e. The van der Waals surface area contributed by atoms with Crippen LogP contribution in [0.2, 0.25) is 0 Å². The number of hydrogen-bond donors (Lipinski definition) is 4. The van der Waals surface area contributed by atoms with Gasteiger partial charge in [0.25, 0.3) is 0 Å². The molecule has 0 amide bonds. The zero-order valence-electron chi connectivity index (χ0n) is 8.08. The van der Waals surface area contributed by atoms with Gasteiger partial charge in [-0.2, -0.15) is 0 Å². The molecule has 0 aromatic heterocycles. The van der Waals surface area contributed by atoms with Crippen LogP contribution in [0.1, 0.15) is 5.71 Å². The van der Waals surface area contributed by atoms with E-state index in [1.165, 1.54) is 0 Å². The summed E-state index contributed by atoms with van der Waals surface area (Å²) in [4.78, 5) is 29.3. The second-order valence-electron chi connectivity index (χ2n) is 0.600. The molecule has 4 nitrogen and oxygen atoms in total. The van der Waals surface area contributed by atoms with Gasteiger partial charge in [-0.25, -0.2) is 0 Å². The minimum Gasteiger partial charge on any atom is -1.00 e. The third-order valence-corrected chi connectivity index (χ3v) is 0. The van der Waals surface area contributed by atoms with Gasteiger partial charge in [-0.3, -0.25) is 0 Å². The first-order valence-electron chi connectivity index (χ1n) is 0.894. The molecule has 0 saturated heterocycles. The molecule has 4 N–H and O–H groups in total. The summed E-state index contributed by atoms with van der Waals surface area (Å²) >= 11 is 0. The Bertz CT molecular complexity index is 42.5. The minimum absolute atomic E-state index is 0. The molecule has 0 heterocycles. The van der Waals surface area contributed by atoms with Gasteiger partial charge in [-0.15, -0.1) is 0 Å². The molecule has 0 aromatic carbocycles. The normalized spacial score (nSPS) is 7.50. The van der Waals surface area contributed by atoms with Crippen molar-refractivity contribution in [3.63, 3.8) is 0 Å². The summed E-state index contributed by atoms with van der Waals surface area (Å²) in [6.07, 6.45) is 0. The molecule has 0 rings (SSSR count). The molecular weight excluding hydrogens is 211 g/mol. The third-order valence-electron chi connectivity index (χ3n) is 0. The van der Waals surface area contributed by atoms with E-state index in [9.17, 15) is 0 Å². The van der Waals surface area contributed by atoms with E-state index >= 15 is 0 Å². The van der Waals surface area contributed by atoms with E-state index in [2.05, 4.69) is 0 Å². The average Bonchev–Trinajstić information content (AvgIpc) is 0.722. The molecule has 0 unspecified atom stereocenters. The van der Waals surface area contributed by atoms with Crippen LogP contribution in [-0.4, -0.2) is 89.0 Å². The molecule has 0 fully saturated rings. The van der Waals surface area contributed by atoms with Gasteiger partial charge in [-0.1, -0.05) is 0 Å². The summed E-state index contributed by atoms with van der Waals surface area (Å²) in [5.74, 6) is 0. The van der Waals surface area contributed by atoms with Gasteiger partial charge < -0.3 is 24.9 Å². The Morgan fingerprint density at radius 3 is 1.00 bits per heavy atom. The van der Waals surface area contributed by atoms with Crippen molar-refractivity contribution in [3.8, 4) is 0 Å². The predicted molar refractivity (Wildman–Crippen MR) is 30.6 cm³/mol. The molecule has 8 heteroatoms. The standard InChI is InChI=1S/Ca.Mg.Mn.H4O4Si.4H/c;;;1-5(2,3)4;;;;/h;;;1-4H;;;;/q2*+2;;;4*-1. The smallest absolute Gasteiger partial charge is 1.00 e. The molecular formula is H8CaMgMnO4Si. The van der Waals surface area contributed by atoms with Crippen LogP contribution in [0.5, 0.6) is 0 Å². The van der Waals surface area contributed by atoms with E-state index in [1.54, 1.807) is 0 Å². The van der Waals surface area contributed by atoms with Gasteiger partial charge in [0.15, 0.2) is 0 Å². The summed E-state index contributed by atoms with van der Waals surface area (Å²) in [6.45, 7) is 0. The Balaban J connectivity index is -0.00000000381. The van der Waals surface area contributed by atoms with E-state index in [-0.39, 0.29) is 83.6 Å². The molecule has 0 atom stereocenters. The monoisotopic (exact) mass is 219 g/mol. The molecule has 1 radical (unpaired) electrons. The summed E-state index contributed by atoms with van der Waals surface area (Å²) in [6, 6.07) is 0. The zero-order chi connectivity index (χ0) is 4.50. The molecule has 0 aromatic rings. The maximum absolute atomic E-state index is 7.33. The Morgan fingerprint density at radius 2 is 1.00 bits per heavy atom. The van der Waals surface area contributed by atoms with Gasteiger partial charge >= 0.3 is 69.8 Å². The molecule has 0 bridgehead atoms. The Labute approximate surface area is 110 Å². The van der Waals surface area contributed by atoms with Crippen molar-refractivity contribution in [2.24, 2.45) is 0 Å². The van der Waals surface area contributed by atoms with Crippen LogP contribution in [0.3, 0.4) is 0 Å². The fourth-order valence-electron chi connectivity index (χ4n) is 0. The van der Waals surface area contributed by atoms with Crippen LogP contribution in [0.4, 0.5) is 0 Å². The van der Waals surface area contributed by atoms with Gasteiger partial charge in [0.05, 0.1) is 0 Å². The summed E-state index contributed by atoms with van der Waals surface area (Å²) in [5.41, 5.74) is 0. The van der Waals surface area contributed by atoms with E-state index in [0.29, 0.717) is 0 Å². The number of rotatable bonds is 0. The van der Waals surface area contributed by atoms with Crippen LogP contribution in [0, 0.1) is 0 Å². The minimum atomic E-state index is -4.61. The molecule has 47 valence electrons. The van der Waals surface area contributed by atoms with Crippen molar-refractivity contribution >= 4 is 69.8 Å². The van der Waals surface area contributed by atoms with Gasteiger partial charge in [0.1, 0.15) is 0 Å². The quantitative estimate of drug-likeness (QED) is 0.329. The first-order valence-corrected chi connectivity index (χ1v) is 2.68. The van der Waals surface area contributed by atoms with Crippen molar-refractivity contribution in [3.05, 3.63) is 0 Å². The second-order valence-corrected chi connectivity index (χ2v) is 1.80. The fraction of sp³-hybridized carbons (Fsp3) is 0. The molecule has 0 spiro atoms. The first-order chi connectivity index (χ1) is 2.00. The van der Waals surface area contributed by atoms with Crippen LogP contribution in [-0.2, 0) is 17.1 Å². The predicted octanol–water partition coefficient (Wildman–Crippen LogP) is -2.92. The topological polar surface area (TPSA) is 80.9 Å². The van der Waals surface area contributed by atoms with E-state index in [1.807, 2.05) is 0 Å². The van der Waals surface area contributed by atoms with E-state index in [0.717, 1.165) is 0 Å². The SMILES string of the molecule is O[Si](O)(O)O.[Ca+2].[H-].[H-].[H-].[H-].[Mg+2].[Mn]. The van der Waals surface area contributed by atoms with Crippen LogP contribution < -0.4 is 0 Å². The van der Waals surface area contributed by atoms with Gasteiger partial charge in [0, 0.05) is 17.1 Å². The zero-order valence-corrected chi connectivity index (χ0v) is 9.88. The van der Waals surface area contributed by atoms with Crippen molar-refractivity contribution in [1.82, 2.24) is 0 Å². The van der Waals surface area contributed by atoms with E-state index < -0.39 is 9.05 Å². The fourth-order valence-corrected chi connectivity index (χ4v) is 0. The van der Waals surface area contributed by atoms with Gasteiger partial charge in [0.2, 0.25) is 0 Å².